The van der Waals surface area contributed by atoms with E-state index in [1.807, 2.05) is 6.07 Å². The van der Waals surface area contributed by atoms with Crippen LogP contribution >= 0.6 is 11.6 Å². The van der Waals surface area contributed by atoms with Gasteiger partial charge in [-0.15, -0.1) is 10.2 Å². The van der Waals surface area contributed by atoms with Crippen molar-refractivity contribution in [1.29, 1.82) is 5.26 Å². The van der Waals surface area contributed by atoms with Crippen molar-refractivity contribution in [2.75, 3.05) is 5.32 Å². The Balaban J connectivity index is 1.72. The molecule has 44 heavy (non-hydrogen) atoms. The molecule has 4 rings (SSSR count). The maximum atomic E-state index is 13.6. The van der Waals surface area contributed by atoms with Crippen molar-refractivity contribution in [3.05, 3.63) is 75.5 Å². The van der Waals surface area contributed by atoms with Gasteiger partial charge in [-0.1, -0.05) is 11.6 Å². The average Bonchev–Trinajstić information content (AvgIpc) is 3.56. The Morgan fingerprint density at radius 1 is 1.11 bits per heavy atom. The lowest BCUT2D eigenvalue weighted by Crippen LogP contribution is -2.36. The smallest absolute Gasteiger partial charge is 0.349 e. The maximum absolute atomic E-state index is 13.6. The molecular formula is C25H19ClF6N10O2. The van der Waals surface area contributed by atoms with Crippen molar-refractivity contribution < 1.29 is 35.9 Å². The zero-order valence-corrected chi connectivity index (χ0v) is 23.3. The molecule has 12 nitrogen and oxygen atoms in total. The molecule has 0 aliphatic rings. The normalized spacial score (nSPS) is 12.5. The van der Waals surface area contributed by atoms with E-state index in [0.717, 1.165) is 17.7 Å². The van der Waals surface area contributed by atoms with E-state index in [0.29, 0.717) is 4.80 Å². The molecule has 2 N–H and O–H groups in total. The molecule has 0 aliphatic heterocycles. The summed E-state index contributed by atoms with van der Waals surface area (Å²) in [6.45, 7) is 2.14. The van der Waals surface area contributed by atoms with Crippen LogP contribution in [-0.2, 0) is 12.7 Å². The van der Waals surface area contributed by atoms with Gasteiger partial charge in [-0.3, -0.25) is 9.59 Å². The molecule has 0 aliphatic carbocycles. The van der Waals surface area contributed by atoms with Gasteiger partial charge in [-0.25, -0.2) is 9.67 Å². The molecule has 0 saturated carbocycles. The molecule has 1 unspecified atom stereocenters. The van der Waals surface area contributed by atoms with Gasteiger partial charge in [0.25, 0.3) is 17.6 Å². The number of aromatic nitrogens is 7. The van der Waals surface area contributed by atoms with Crippen molar-refractivity contribution in [3.8, 4) is 11.9 Å². The number of anilines is 1. The predicted octanol–water partition coefficient (Wildman–Crippen LogP) is 4.48. The summed E-state index contributed by atoms with van der Waals surface area (Å²) in [5.41, 5.74) is -0.465. The molecule has 4 aromatic rings. The lowest BCUT2D eigenvalue weighted by Gasteiger charge is -2.19. The number of tetrazole rings is 1. The van der Waals surface area contributed by atoms with E-state index >= 15 is 0 Å². The number of halogens is 7. The summed E-state index contributed by atoms with van der Waals surface area (Å²) in [6, 6.07) is 7.07. The van der Waals surface area contributed by atoms with Crippen LogP contribution in [0.25, 0.3) is 5.82 Å². The van der Waals surface area contributed by atoms with E-state index in [-0.39, 0.29) is 44.6 Å². The summed E-state index contributed by atoms with van der Waals surface area (Å²) in [5, 5.41) is 27.9. The Bertz CT molecular complexity index is 1760. The van der Waals surface area contributed by atoms with Crippen LogP contribution in [0.3, 0.4) is 0 Å². The number of alkyl halides is 6. The van der Waals surface area contributed by atoms with E-state index in [4.69, 9.17) is 11.6 Å². The Morgan fingerprint density at radius 3 is 2.45 bits per heavy atom. The fraction of sp³-hybridized carbons (Fsp3) is 0.280. The van der Waals surface area contributed by atoms with Gasteiger partial charge in [-0.2, -0.15) is 41.5 Å². The van der Waals surface area contributed by atoms with Gasteiger partial charge in [0.2, 0.25) is 0 Å². The fourth-order valence-electron chi connectivity index (χ4n) is 4.01. The predicted molar refractivity (Wildman–Crippen MR) is 140 cm³/mol. The van der Waals surface area contributed by atoms with Crippen molar-refractivity contribution in [3.63, 3.8) is 0 Å². The van der Waals surface area contributed by atoms with Crippen molar-refractivity contribution in [1.82, 2.24) is 40.3 Å². The van der Waals surface area contributed by atoms with Gasteiger partial charge in [0.15, 0.2) is 5.82 Å². The molecule has 230 valence electrons. The molecule has 0 spiro atoms. The van der Waals surface area contributed by atoms with Crippen LogP contribution in [0.5, 0.6) is 0 Å². The highest BCUT2D eigenvalue weighted by molar-refractivity contribution is 6.32. The summed E-state index contributed by atoms with van der Waals surface area (Å²) in [6.07, 6.45) is -9.39. The van der Waals surface area contributed by atoms with Gasteiger partial charge in [0.05, 0.1) is 40.0 Å². The lowest BCUT2D eigenvalue weighted by atomic mass is 10.0. The number of nitrogens with zero attached hydrogens (tertiary/aromatic N) is 8. The molecule has 2 amide bonds. The standard InChI is InChI=1S/C25H19ClF6N10O2/c1-12-6-14(10-33)7-16(21(43)35-13(2)9-24(27,28)29)19(12)36-22(44)18-8-15(11-41-39-23(37-40-41)25(30,31)32)38-42(18)20-17(26)4-3-5-34-20/h3-8,13H,9,11H2,1-2H3,(H,35,43)(H,36,44). The Labute approximate surface area is 248 Å². The van der Waals surface area contributed by atoms with E-state index < -0.39 is 49.0 Å². The molecule has 3 aromatic heterocycles. The third kappa shape index (κ3) is 7.47. The third-order valence-electron chi connectivity index (χ3n) is 5.81. The Morgan fingerprint density at radius 2 is 1.84 bits per heavy atom. The first-order valence-electron chi connectivity index (χ1n) is 12.3. The van der Waals surface area contributed by atoms with Gasteiger partial charge < -0.3 is 10.6 Å². The highest BCUT2D eigenvalue weighted by Crippen LogP contribution is 2.28. The van der Waals surface area contributed by atoms with Crippen molar-refractivity contribution >= 4 is 29.1 Å². The Kier molecular flexibility index (Phi) is 8.90. The number of hydrogen-bond donors (Lipinski definition) is 2. The quantitative estimate of drug-likeness (QED) is 0.267. The zero-order chi connectivity index (χ0) is 32.4. The second kappa shape index (κ2) is 12.3. The summed E-state index contributed by atoms with van der Waals surface area (Å²) in [5.74, 6) is -3.44. The number of rotatable bonds is 8. The Hall–Kier alpha value is -5.05. The van der Waals surface area contributed by atoms with Crippen LogP contribution in [-0.4, -0.2) is 59.0 Å². The highest BCUT2D eigenvalue weighted by atomic mass is 35.5. The molecule has 3 heterocycles. The minimum atomic E-state index is -4.85. The molecule has 0 radical (unpaired) electrons. The maximum Gasteiger partial charge on any atom is 0.455 e. The molecule has 19 heteroatoms. The van der Waals surface area contributed by atoms with Gasteiger partial charge in [-0.05, 0) is 55.0 Å². The zero-order valence-electron chi connectivity index (χ0n) is 22.5. The second-order valence-electron chi connectivity index (χ2n) is 9.36. The average molecular weight is 641 g/mol. The number of aryl methyl sites for hydroxylation is 1. The number of benzene rings is 1. The second-order valence-corrected chi connectivity index (χ2v) is 9.77. The summed E-state index contributed by atoms with van der Waals surface area (Å²) >= 11 is 6.25. The first-order chi connectivity index (χ1) is 20.6. The SMILES string of the molecule is Cc1cc(C#N)cc(C(=O)NC(C)CC(F)(F)F)c1NC(=O)c1cc(Cn2nnc(C(F)(F)F)n2)nn1-c1ncccc1Cl. The summed E-state index contributed by atoms with van der Waals surface area (Å²) < 4.78 is 78.3. The lowest BCUT2D eigenvalue weighted by molar-refractivity contribution is -0.145. The van der Waals surface area contributed by atoms with E-state index in [2.05, 4.69) is 36.1 Å². The van der Waals surface area contributed by atoms with Crippen LogP contribution in [0.4, 0.5) is 32.0 Å². The molecular weight excluding hydrogens is 622 g/mol. The van der Waals surface area contributed by atoms with E-state index in [9.17, 15) is 41.2 Å². The van der Waals surface area contributed by atoms with Crippen LogP contribution in [0.1, 0.15) is 56.8 Å². The number of pyridine rings is 1. The van der Waals surface area contributed by atoms with Gasteiger partial charge in [0, 0.05) is 12.2 Å². The van der Waals surface area contributed by atoms with Crippen LogP contribution in [0.15, 0.2) is 36.5 Å². The summed E-state index contributed by atoms with van der Waals surface area (Å²) in [4.78, 5) is 31.4. The van der Waals surface area contributed by atoms with Crippen molar-refractivity contribution in [2.24, 2.45) is 0 Å². The van der Waals surface area contributed by atoms with Crippen LogP contribution < -0.4 is 10.6 Å². The minimum Gasteiger partial charge on any atom is -0.349 e. The number of amides is 2. The van der Waals surface area contributed by atoms with E-state index in [1.165, 1.54) is 37.4 Å². The first-order valence-corrected chi connectivity index (χ1v) is 12.7. The fourth-order valence-corrected chi connectivity index (χ4v) is 4.21. The first kappa shape index (κ1) is 31.9. The van der Waals surface area contributed by atoms with Gasteiger partial charge in [0.1, 0.15) is 12.2 Å². The minimum absolute atomic E-state index is 0.000257. The number of hydrogen-bond acceptors (Lipinski definition) is 8. The monoisotopic (exact) mass is 640 g/mol. The van der Waals surface area contributed by atoms with Gasteiger partial charge >= 0.3 is 12.4 Å². The van der Waals surface area contributed by atoms with Crippen LogP contribution in [0, 0.1) is 18.3 Å². The third-order valence-corrected chi connectivity index (χ3v) is 6.10. The number of nitriles is 1. The molecule has 1 aromatic carbocycles. The molecule has 0 saturated heterocycles. The highest BCUT2D eigenvalue weighted by Gasteiger charge is 2.37. The van der Waals surface area contributed by atoms with E-state index in [1.54, 1.807) is 0 Å². The molecule has 0 fully saturated rings. The topological polar surface area (TPSA) is 156 Å². The summed E-state index contributed by atoms with van der Waals surface area (Å²) in [7, 11) is 0. The molecule has 0 bridgehead atoms. The number of nitrogens with one attached hydrogen (secondary N) is 2. The van der Waals surface area contributed by atoms with Crippen LogP contribution in [0.2, 0.25) is 5.02 Å². The number of carbonyl (C=O) groups is 2. The largest absolute Gasteiger partial charge is 0.455 e. The van der Waals surface area contributed by atoms with Crippen molar-refractivity contribution in [2.45, 2.75) is 45.2 Å². The molecule has 1 atom stereocenters. The number of carbonyl (C=O) groups excluding carboxylic acids is 2.